The van der Waals surface area contributed by atoms with Gasteiger partial charge in [-0.05, 0) is 18.6 Å². The zero-order chi connectivity index (χ0) is 8.65. The van der Waals surface area contributed by atoms with Gasteiger partial charge in [0.05, 0.1) is 6.54 Å². The highest BCUT2D eigenvalue weighted by atomic mass is 32.2. The van der Waals surface area contributed by atoms with Crippen molar-refractivity contribution in [2.75, 3.05) is 12.3 Å². The van der Waals surface area contributed by atoms with Crippen LogP contribution in [0.3, 0.4) is 0 Å². The normalized spacial score (nSPS) is 23.8. The molecule has 0 aromatic carbocycles. The number of carbonyl (C=O) groups excluding carboxylic acids is 1. The molecule has 0 saturated carbocycles. The second-order valence-electron chi connectivity index (χ2n) is 2.77. The average molecular weight is 183 g/mol. The van der Waals surface area contributed by atoms with Gasteiger partial charge in [0.15, 0.2) is 0 Å². The number of aliphatic imine (C=N–C) groups is 1. The van der Waals surface area contributed by atoms with Crippen molar-refractivity contribution in [2.24, 2.45) is 4.99 Å². The Morgan fingerprint density at radius 3 is 3.17 bits per heavy atom. The first-order valence-corrected chi connectivity index (χ1v) is 5.30. The van der Waals surface area contributed by atoms with Gasteiger partial charge in [0.25, 0.3) is 0 Å². The van der Waals surface area contributed by atoms with E-state index in [1.165, 1.54) is 31.1 Å². The largest absolute Gasteiger partial charge is 0.235 e. The number of rotatable bonds is 3. The second-order valence-corrected chi connectivity index (χ2v) is 4.11. The molecule has 2 nitrogen and oxygen atoms in total. The van der Waals surface area contributed by atoms with Crippen LogP contribution >= 0.6 is 11.8 Å². The van der Waals surface area contributed by atoms with Crippen molar-refractivity contribution in [3.05, 3.63) is 12.2 Å². The molecule has 0 spiro atoms. The van der Waals surface area contributed by atoms with E-state index in [2.05, 4.69) is 11.1 Å². The van der Waals surface area contributed by atoms with E-state index in [1.807, 2.05) is 17.8 Å². The summed E-state index contributed by atoms with van der Waals surface area (Å²) in [6.07, 6.45) is 9.58. The molecule has 1 aliphatic heterocycles. The molecule has 0 radical (unpaired) electrons. The van der Waals surface area contributed by atoms with Gasteiger partial charge in [-0.2, -0.15) is 11.8 Å². The van der Waals surface area contributed by atoms with E-state index in [9.17, 15) is 4.79 Å². The maximum Gasteiger partial charge on any atom is 0.235 e. The molecule has 12 heavy (non-hydrogen) atoms. The summed E-state index contributed by atoms with van der Waals surface area (Å²) in [4.78, 5) is 13.2. The van der Waals surface area contributed by atoms with Crippen molar-refractivity contribution in [2.45, 2.75) is 24.5 Å². The Morgan fingerprint density at radius 1 is 1.58 bits per heavy atom. The van der Waals surface area contributed by atoms with Crippen LogP contribution in [0.4, 0.5) is 0 Å². The number of hydrogen-bond acceptors (Lipinski definition) is 3. The van der Waals surface area contributed by atoms with Gasteiger partial charge in [0, 0.05) is 5.25 Å². The van der Waals surface area contributed by atoms with E-state index in [0.29, 0.717) is 11.8 Å². The minimum absolute atomic E-state index is 0.487. The Balaban J connectivity index is 2.19. The first-order chi connectivity index (χ1) is 5.93. The summed E-state index contributed by atoms with van der Waals surface area (Å²) in [7, 11) is 0. The highest BCUT2D eigenvalue weighted by Crippen LogP contribution is 2.25. The lowest BCUT2D eigenvalue weighted by atomic mass is 10.2. The Morgan fingerprint density at radius 2 is 2.50 bits per heavy atom. The topological polar surface area (TPSA) is 29.4 Å². The smallest absolute Gasteiger partial charge is 0.211 e. The van der Waals surface area contributed by atoms with Gasteiger partial charge in [-0.3, -0.25) is 0 Å². The molecule has 0 N–H and O–H groups in total. The van der Waals surface area contributed by atoms with Crippen LogP contribution in [0.15, 0.2) is 17.1 Å². The van der Waals surface area contributed by atoms with Crippen LogP contribution in [0, 0.1) is 0 Å². The number of nitrogens with zero attached hydrogens (tertiary/aromatic N) is 1. The molecule has 1 heterocycles. The lowest BCUT2D eigenvalue weighted by Crippen LogP contribution is -2.05. The van der Waals surface area contributed by atoms with Crippen molar-refractivity contribution in [1.82, 2.24) is 0 Å². The zero-order valence-corrected chi connectivity index (χ0v) is 7.85. The zero-order valence-electron chi connectivity index (χ0n) is 7.03. The fraction of sp³-hybridized carbons (Fsp3) is 0.667. The first kappa shape index (κ1) is 9.56. The van der Waals surface area contributed by atoms with Gasteiger partial charge in [0.1, 0.15) is 0 Å². The molecule has 1 fully saturated rings. The van der Waals surface area contributed by atoms with Crippen molar-refractivity contribution < 1.29 is 4.79 Å². The van der Waals surface area contributed by atoms with Crippen molar-refractivity contribution >= 4 is 17.8 Å². The molecule has 1 aliphatic rings. The van der Waals surface area contributed by atoms with Crippen LogP contribution in [0.1, 0.15) is 19.3 Å². The first-order valence-electron chi connectivity index (χ1n) is 4.25. The third kappa shape index (κ3) is 3.74. The molecule has 1 rings (SSSR count). The quantitative estimate of drug-likeness (QED) is 0.381. The van der Waals surface area contributed by atoms with E-state index in [4.69, 9.17) is 0 Å². The van der Waals surface area contributed by atoms with Gasteiger partial charge >= 0.3 is 0 Å². The molecule has 1 unspecified atom stereocenters. The van der Waals surface area contributed by atoms with Crippen LogP contribution in [0.25, 0.3) is 0 Å². The molecule has 3 heteroatoms. The van der Waals surface area contributed by atoms with Crippen LogP contribution in [0.2, 0.25) is 0 Å². The number of isocyanates is 1. The lowest BCUT2D eigenvalue weighted by molar-refractivity contribution is 0.564. The third-order valence-corrected chi connectivity index (χ3v) is 3.17. The molecular formula is C9H13NOS. The molecule has 1 saturated heterocycles. The lowest BCUT2D eigenvalue weighted by Gasteiger charge is -2.17. The van der Waals surface area contributed by atoms with Crippen LogP contribution in [-0.2, 0) is 4.79 Å². The second kappa shape index (κ2) is 6.04. The fourth-order valence-corrected chi connectivity index (χ4v) is 2.45. The summed E-state index contributed by atoms with van der Waals surface area (Å²) in [5.74, 6) is 1.27. The highest BCUT2D eigenvalue weighted by Gasteiger charge is 2.09. The number of thioether (sulfide) groups is 1. The van der Waals surface area contributed by atoms with E-state index < -0.39 is 0 Å². The predicted octanol–water partition coefficient (Wildman–Crippen LogP) is 2.16. The number of hydrogen-bond donors (Lipinski definition) is 0. The van der Waals surface area contributed by atoms with E-state index in [1.54, 1.807) is 0 Å². The molecule has 0 bridgehead atoms. The Hall–Kier alpha value is -0.530. The monoisotopic (exact) mass is 183 g/mol. The summed E-state index contributed by atoms with van der Waals surface area (Å²) >= 11 is 1.99. The summed E-state index contributed by atoms with van der Waals surface area (Å²) < 4.78 is 0. The maximum atomic E-state index is 9.73. The summed E-state index contributed by atoms with van der Waals surface area (Å²) in [6.45, 7) is 0.487. The minimum Gasteiger partial charge on any atom is -0.211 e. The van der Waals surface area contributed by atoms with Crippen molar-refractivity contribution in [3.63, 3.8) is 0 Å². The SMILES string of the molecule is O=C=NC/C=C\C1CCCCS1. The Labute approximate surface area is 77.1 Å². The van der Waals surface area contributed by atoms with Crippen LogP contribution < -0.4 is 0 Å². The fourth-order valence-electron chi connectivity index (χ4n) is 1.22. The standard InChI is InChI=1S/C9H13NOS/c11-8-10-6-3-5-9-4-1-2-7-12-9/h3,5,9H,1-2,4,6-7H2/b5-3-. The van der Waals surface area contributed by atoms with Crippen molar-refractivity contribution in [3.8, 4) is 0 Å². The van der Waals surface area contributed by atoms with Gasteiger partial charge < -0.3 is 0 Å². The summed E-state index contributed by atoms with van der Waals surface area (Å²) in [5, 5.41) is 0.653. The average Bonchev–Trinajstić information content (AvgIpc) is 2.14. The molecule has 66 valence electrons. The Bertz CT molecular complexity index is 191. The summed E-state index contributed by atoms with van der Waals surface area (Å²) in [5.41, 5.74) is 0. The Kier molecular flexibility index (Phi) is 4.81. The van der Waals surface area contributed by atoms with Crippen molar-refractivity contribution in [1.29, 1.82) is 0 Å². The van der Waals surface area contributed by atoms with Crippen LogP contribution in [-0.4, -0.2) is 23.6 Å². The van der Waals surface area contributed by atoms with Gasteiger partial charge in [-0.1, -0.05) is 18.6 Å². The maximum absolute atomic E-state index is 9.73. The van der Waals surface area contributed by atoms with E-state index in [0.717, 1.165) is 0 Å². The third-order valence-electron chi connectivity index (χ3n) is 1.83. The molecule has 0 aromatic rings. The highest BCUT2D eigenvalue weighted by molar-refractivity contribution is 8.00. The summed E-state index contributed by atoms with van der Waals surface area (Å²) in [6, 6.07) is 0. The minimum atomic E-state index is 0.487. The molecule has 0 amide bonds. The molecule has 1 atom stereocenters. The molecule has 0 aromatic heterocycles. The van der Waals surface area contributed by atoms with Gasteiger partial charge in [-0.15, -0.1) is 0 Å². The van der Waals surface area contributed by atoms with Gasteiger partial charge in [-0.25, -0.2) is 9.79 Å². The van der Waals surface area contributed by atoms with E-state index >= 15 is 0 Å². The van der Waals surface area contributed by atoms with E-state index in [-0.39, 0.29) is 0 Å². The molecule has 0 aliphatic carbocycles. The molecular weight excluding hydrogens is 170 g/mol. The predicted molar refractivity (Wildman–Crippen MR) is 52.2 cm³/mol. The van der Waals surface area contributed by atoms with Gasteiger partial charge in [0.2, 0.25) is 6.08 Å². The van der Waals surface area contributed by atoms with Crippen LogP contribution in [0.5, 0.6) is 0 Å².